The van der Waals surface area contributed by atoms with Gasteiger partial charge in [0.1, 0.15) is 11.9 Å². The monoisotopic (exact) mass is 174 g/mol. The summed E-state index contributed by atoms with van der Waals surface area (Å²) in [6, 6.07) is 7.10. The molecule has 0 unspecified atom stereocenters. The van der Waals surface area contributed by atoms with E-state index in [0.717, 1.165) is 5.56 Å². The van der Waals surface area contributed by atoms with Crippen LogP contribution in [0.5, 0.6) is 0 Å². The Labute approximate surface area is 76.8 Å². The molecule has 2 N–H and O–H groups in total. The van der Waals surface area contributed by atoms with E-state index in [1.165, 1.54) is 6.92 Å². The maximum atomic E-state index is 10.8. The Morgan fingerprint density at radius 2 is 2.31 bits per heavy atom. The molecule has 0 heterocycles. The van der Waals surface area contributed by atoms with Crippen LogP contribution in [0.3, 0.4) is 0 Å². The van der Waals surface area contributed by atoms with Crippen LogP contribution in [0, 0.1) is 11.3 Å². The summed E-state index contributed by atoms with van der Waals surface area (Å²) in [6.45, 7) is 1.50. The quantitative estimate of drug-likeness (QED) is 0.686. The summed E-state index contributed by atoms with van der Waals surface area (Å²) in [4.78, 5) is 10.8. The van der Waals surface area contributed by atoms with E-state index >= 15 is 0 Å². The van der Waals surface area contributed by atoms with Crippen molar-refractivity contribution in [2.75, 3.05) is 5.73 Å². The first-order valence-electron chi connectivity index (χ1n) is 3.92. The summed E-state index contributed by atoms with van der Waals surface area (Å²) in [6.07, 6.45) is 0.293. The zero-order chi connectivity index (χ0) is 9.84. The summed E-state index contributed by atoms with van der Waals surface area (Å²) >= 11 is 0. The van der Waals surface area contributed by atoms with Gasteiger partial charge in [0.2, 0.25) is 0 Å². The normalized spacial score (nSPS) is 9.23. The van der Waals surface area contributed by atoms with Crippen molar-refractivity contribution in [2.24, 2.45) is 0 Å². The van der Waals surface area contributed by atoms with Crippen molar-refractivity contribution < 1.29 is 4.79 Å². The van der Waals surface area contributed by atoms with Gasteiger partial charge in [-0.25, -0.2) is 0 Å². The van der Waals surface area contributed by atoms with Crippen molar-refractivity contribution in [3.05, 3.63) is 29.3 Å². The van der Waals surface area contributed by atoms with E-state index in [-0.39, 0.29) is 5.78 Å². The van der Waals surface area contributed by atoms with Gasteiger partial charge in [0.05, 0.1) is 11.3 Å². The lowest BCUT2D eigenvalue weighted by Crippen LogP contribution is -2.02. The second kappa shape index (κ2) is 3.72. The number of nitrogens with zero attached hydrogens (tertiary/aromatic N) is 1. The molecule has 1 aromatic rings. The minimum atomic E-state index is 0.0433. The van der Waals surface area contributed by atoms with Crippen LogP contribution in [0.1, 0.15) is 18.1 Å². The lowest BCUT2D eigenvalue weighted by atomic mass is 10.0. The molecule has 0 aliphatic rings. The van der Waals surface area contributed by atoms with Gasteiger partial charge in [-0.2, -0.15) is 5.26 Å². The van der Waals surface area contributed by atoms with Crippen LogP contribution < -0.4 is 5.73 Å². The smallest absolute Gasteiger partial charge is 0.134 e. The van der Waals surface area contributed by atoms with Crippen LogP contribution in [-0.4, -0.2) is 5.78 Å². The molecule has 0 saturated heterocycles. The molecule has 0 saturated carbocycles. The molecule has 0 amide bonds. The van der Waals surface area contributed by atoms with Crippen LogP contribution in [0.4, 0.5) is 5.69 Å². The van der Waals surface area contributed by atoms with E-state index in [9.17, 15) is 4.79 Å². The van der Waals surface area contributed by atoms with E-state index in [4.69, 9.17) is 11.0 Å². The molecule has 0 bridgehead atoms. The SMILES string of the molecule is CC(=O)Cc1cccc(C#N)c1N. The highest BCUT2D eigenvalue weighted by atomic mass is 16.1. The third kappa shape index (κ3) is 2.06. The molecule has 0 radical (unpaired) electrons. The van der Waals surface area contributed by atoms with E-state index in [1.807, 2.05) is 6.07 Å². The predicted octanol–water partition coefficient (Wildman–Crippen LogP) is 1.27. The van der Waals surface area contributed by atoms with Gasteiger partial charge in [0, 0.05) is 6.42 Å². The number of hydrogen-bond acceptors (Lipinski definition) is 3. The zero-order valence-electron chi connectivity index (χ0n) is 7.37. The van der Waals surface area contributed by atoms with Gasteiger partial charge in [-0.05, 0) is 18.6 Å². The Morgan fingerprint density at radius 1 is 1.62 bits per heavy atom. The second-order valence-corrected chi connectivity index (χ2v) is 2.87. The predicted molar refractivity (Wildman–Crippen MR) is 50.0 cm³/mol. The van der Waals surface area contributed by atoms with Gasteiger partial charge in [0.15, 0.2) is 0 Å². The maximum Gasteiger partial charge on any atom is 0.134 e. The van der Waals surface area contributed by atoms with Crippen molar-refractivity contribution in [2.45, 2.75) is 13.3 Å². The molecule has 0 aliphatic carbocycles. The van der Waals surface area contributed by atoms with Gasteiger partial charge in [-0.1, -0.05) is 12.1 Å². The van der Waals surface area contributed by atoms with Gasteiger partial charge >= 0.3 is 0 Å². The van der Waals surface area contributed by atoms with E-state index in [1.54, 1.807) is 18.2 Å². The summed E-state index contributed by atoms with van der Waals surface area (Å²) < 4.78 is 0. The first-order valence-corrected chi connectivity index (χ1v) is 3.92. The standard InChI is InChI=1S/C10H10N2O/c1-7(13)5-8-3-2-4-9(6-11)10(8)12/h2-4H,5,12H2,1H3. The number of hydrogen-bond donors (Lipinski definition) is 1. The minimum Gasteiger partial charge on any atom is -0.397 e. The van der Waals surface area contributed by atoms with Gasteiger partial charge in [-0.3, -0.25) is 4.79 Å². The first-order chi connectivity index (χ1) is 6.15. The summed E-state index contributed by atoms with van der Waals surface area (Å²) in [5.74, 6) is 0.0433. The third-order valence-corrected chi connectivity index (χ3v) is 1.76. The number of ketones is 1. The molecule has 0 fully saturated rings. The summed E-state index contributed by atoms with van der Waals surface area (Å²) in [7, 11) is 0. The van der Waals surface area contributed by atoms with E-state index in [2.05, 4.69) is 0 Å². The van der Waals surface area contributed by atoms with Crippen LogP contribution in [0.25, 0.3) is 0 Å². The average Bonchev–Trinajstić information content (AvgIpc) is 2.08. The number of Topliss-reactive ketones (excluding diaryl/α,β-unsaturated/α-hetero) is 1. The number of para-hydroxylation sites is 1. The molecule has 0 aromatic heterocycles. The largest absolute Gasteiger partial charge is 0.397 e. The number of carbonyl (C=O) groups excluding carboxylic acids is 1. The number of nitriles is 1. The third-order valence-electron chi connectivity index (χ3n) is 1.76. The molecular formula is C10H10N2O. The fraction of sp³-hybridized carbons (Fsp3) is 0.200. The highest BCUT2D eigenvalue weighted by Gasteiger charge is 2.05. The van der Waals surface area contributed by atoms with Crippen molar-refractivity contribution >= 4 is 11.5 Å². The molecule has 66 valence electrons. The fourth-order valence-electron chi connectivity index (χ4n) is 1.13. The lowest BCUT2D eigenvalue weighted by Gasteiger charge is -2.03. The number of nitrogens with two attached hydrogens (primary N) is 1. The molecule has 3 heteroatoms. The van der Waals surface area contributed by atoms with Gasteiger partial charge < -0.3 is 5.73 Å². The lowest BCUT2D eigenvalue weighted by molar-refractivity contribution is -0.116. The molecular weight excluding hydrogens is 164 g/mol. The van der Waals surface area contributed by atoms with E-state index < -0.39 is 0 Å². The molecule has 13 heavy (non-hydrogen) atoms. The summed E-state index contributed by atoms with van der Waals surface area (Å²) in [5.41, 5.74) is 7.24. The van der Waals surface area contributed by atoms with Gasteiger partial charge in [-0.15, -0.1) is 0 Å². The highest BCUT2D eigenvalue weighted by molar-refractivity contribution is 5.80. The summed E-state index contributed by atoms with van der Waals surface area (Å²) in [5, 5.41) is 8.66. The number of rotatable bonds is 2. The van der Waals surface area contributed by atoms with Crippen molar-refractivity contribution in [3.8, 4) is 6.07 Å². The Hall–Kier alpha value is -1.82. The molecule has 3 nitrogen and oxygen atoms in total. The van der Waals surface area contributed by atoms with Crippen LogP contribution in [0.15, 0.2) is 18.2 Å². The maximum absolute atomic E-state index is 10.8. The average molecular weight is 174 g/mol. The second-order valence-electron chi connectivity index (χ2n) is 2.87. The Bertz CT molecular complexity index is 377. The number of carbonyl (C=O) groups is 1. The van der Waals surface area contributed by atoms with Crippen molar-refractivity contribution in [1.82, 2.24) is 0 Å². The van der Waals surface area contributed by atoms with Gasteiger partial charge in [0.25, 0.3) is 0 Å². The van der Waals surface area contributed by atoms with Crippen molar-refractivity contribution in [3.63, 3.8) is 0 Å². The number of benzene rings is 1. The number of nitrogen functional groups attached to an aromatic ring is 1. The Kier molecular flexibility index (Phi) is 2.65. The minimum absolute atomic E-state index is 0.0433. The van der Waals surface area contributed by atoms with Crippen LogP contribution in [0.2, 0.25) is 0 Å². The molecule has 0 aliphatic heterocycles. The molecule has 0 atom stereocenters. The number of anilines is 1. The topological polar surface area (TPSA) is 66.9 Å². The Morgan fingerprint density at radius 3 is 2.85 bits per heavy atom. The Balaban J connectivity index is 3.10. The molecule has 1 aromatic carbocycles. The molecule has 0 spiro atoms. The van der Waals surface area contributed by atoms with Crippen molar-refractivity contribution in [1.29, 1.82) is 5.26 Å². The molecule has 1 rings (SSSR count). The fourth-order valence-corrected chi connectivity index (χ4v) is 1.13. The van der Waals surface area contributed by atoms with Crippen LogP contribution in [-0.2, 0) is 11.2 Å². The van der Waals surface area contributed by atoms with E-state index in [0.29, 0.717) is 17.7 Å². The highest BCUT2D eigenvalue weighted by Crippen LogP contribution is 2.17. The zero-order valence-corrected chi connectivity index (χ0v) is 7.37. The van der Waals surface area contributed by atoms with Crippen LogP contribution >= 0.6 is 0 Å². The first kappa shape index (κ1) is 9.27.